The molecule has 25 heavy (non-hydrogen) atoms. The number of carboxylic acid groups (broad SMARTS) is 1. The van der Waals surface area contributed by atoms with Crippen molar-refractivity contribution in [1.29, 1.82) is 0 Å². The average molecular weight is 355 g/mol. The zero-order valence-electron chi connectivity index (χ0n) is 13.4. The predicted molar refractivity (Wildman–Crippen MR) is 92.9 cm³/mol. The second kappa shape index (κ2) is 6.98. The Labute approximate surface area is 148 Å². The first-order valence-electron chi connectivity index (χ1n) is 7.60. The minimum atomic E-state index is -1.30. The van der Waals surface area contributed by atoms with Gasteiger partial charge in [-0.1, -0.05) is 36.4 Å². The van der Waals surface area contributed by atoms with Crippen LogP contribution in [0.15, 0.2) is 48.5 Å². The molecule has 0 bridgehead atoms. The Morgan fingerprint density at radius 1 is 1.20 bits per heavy atom. The molecule has 1 unspecified atom stereocenters. The van der Waals surface area contributed by atoms with Gasteiger partial charge >= 0.3 is 0 Å². The van der Waals surface area contributed by atoms with Crippen LogP contribution < -0.4 is 10.4 Å². The van der Waals surface area contributed by atoms with E-state index in [1.807, 2.05) is 31.2 Å². The molecule has 2 aromatic carbocycles. The van der Waals surface area contributed by atoms with E-state index >= 15 is 0 Å². The molecule has 0 spiro atoms. The third-order valence-corrected chi connectivity index (χ3v) is 4.84. The van der Waals surface area contributed by atoms with Crippen molar-refractivity contribution in [3.8, 4) is 0 Å². The maximum Gasteiger partial charge on any atom is 0.291 e. The number of imide groups is 1. The first kappa shape index (κ1) is 17.0. The summed E-state index contributed by atoms with van der Waals surface area (Å²) in [5, 5.41) is 13.0. The van der Waals surface area contributed by atoms with Gasteiger partial charge in [0.25, 0.3) is 11.1 Å². The third-order valence-electron chi connectivity index (χ3n) is 3.86. The smallest absolute Gasteiger partial charge is 0.291 e. The van der Waals surface area contributed by atoms with Crippen molar-refractivity contribution >= 4 is 34.6 Å². The molecular weight excluding hydrogens is 340 g/mol. The molecule has 1 N–H and O–H groups in total. The lowest BCUT2D eigenvalue weighted by Gasteiger charge is -2.16. The van der Waals surface area contributed by atoms with Gasteiger partial charge in [0.1, 0.15) is 0 Å². The molecule has 7 heteroatoms. The van der Waals surface area contributed by atoms with E-state index < -0.39 is 11.3 Å². The summed E-state index contributed by atoms with van der Waals surface area (Å²) in [5.41, 5.74) is 2.34. The Kier molecular flexibility index (Phi) is 4.76. The average Bonchev–Trinajstić information content (AvgIpc) is 2.85. The highest BCUT2D eigenvalue weighted by atomic mass is 32.2. The van der Waals surface area contributed by atoms with Crippen LogP contribution in [0.4, 0.5) is 10.5 Å². The van der Waals surface area contributed by atoms with Gasteiger partial charge in [-0.25, -0.2) is 0 Å². The summed E-state index contributed by atoms with van der Waals surface area (Å²) >= 11 is 0.913. The molecule has 0 saturated carbocycles. The second-order valence-corrected chi connectivity index (χ2v) is 6.69. The van der Waals surface area contributed by atoms with Gasteiger partial charge in [-0.05, 0) is 47.5 Å². The lowest BCUT2D eigenvalue weighted by Crippen LogP contribution is -2.34. The molecule has 0 radical (unpaired) electrons. The van der Waals surface area contributed by atoms with Crippen molar-refractivity contribution in [2.75, 3.05) is 5.32 Å². The first-order valence-corrected chi connectivity index (χ1v) is 8.48. The van der Waals surface area contributed by atoms with Crippen LogP contribution >= 0.6 is 11.8 Å². The fourth-order valence-electron chi connectivity index (χ4n) is 2.54. The highest BCUT2D eigenvalue weighted by molar-refractivity contribution is 8.15. The fourth-order valence-corrected chi connectivity index (χ4v) is 3.43. The van der Waals surface area contributed by atoms with Gasteiger partial charge in [-0.2, -0.15) is 0 Å². The maximum absolute atomic E-state index is 12.5. The van der Waals surface area contributed by atoms with Gasteiger partial charge in [0.05, 0.1) is 12.5 Å². The zero-order valence-corrected chi connectivity index (χ0v) is 14.2. The van der Waals surface area contributed by atoms with Crippen molar-refractivity contribution in [3.63, 3.8) is 0 Å². The molecule has 1 aliphatic rings. The highest BCUT2D eigenvalue weighted by Crippen LogP contribution is 2.30. The molecule has 1 aliphatic heterocycles. The molecular formula is C18H15N2O4S-. The number of thioether (sulfide) groups is 1. The van der Waals surface area contributed by atoms with Crippen molar-refractivity contribution in [2.45, 2.75) is 18.8 Å². The van der Waals surface area contributed by atoms with Crippen molar-refractivity contribution in [1.82, 2.24) is 4.90 Å². The number of benzene rings is 2. The SMILES string of the molecule is Cc1ccccc1NC1SC(=O)N(Cc2cccc(C(=O)[O-])c2)C1=O. The van der Waals surface area contributed by atoms with E-state index in [4.69, 9.17) is 0 Å². The number of carbonyl (C=O) groups excluding carboxylic acids is 3. The van der Waals surface area contributed by atoms with Gasteiger partial charge in [-0.15, -0.1) is 0 Å². The number of anilines is 1. The van der Waals surface area contributed by atoms with Crippen LogP contribution in [0.5, 0.6) is 0 Å². The number of aryl methyl sites for hydroxylation is 1. The summed E-state index contributed by atoms with van der Waals surface area (Å²) in [5.74, 6) is -1.65. The largest absolute Gasteiger partial charge is 0.545 e. The van der Waals surface area contributed by atoms with E-state index in [1.54, 1.807) is 12.1 Å². The van der Waals surface area contributed by atoms with Gasteiger partial charge in [0.15, 0.2) is 5.37 Å². The standard InChI is InChI=1S/C18H16N2O4S/c1-11-5-2-3-8-14(11)19-15-16(21)20(18(24)25-15)10-12-6-4-7-13(9-12)17(22)23/h2-9,15,19H,10H2,1H3,(H,22,23)/p-1. The number of amides is 2. The van der Waals surface area contributed by atoms with Crippen LogP contribution in [0.2, 0.25) is 0 Å². The minimum Gasteiger partial charge on any atom is -0.545 e. The first-order chi connectivity index (χ1) is 12.0. The van der Waals surface area contributed by atoms with E-state index in [-0.39, 0.29) is 23.3 Å². The summed E-state index contributed by atoms with van der Waals surface area (Å²) in [6, 6.07) is 13.5. The van der Waals surface area contributed by atoms with E-state index in [0.717, 1.165) is 27.9 Å². The number of nitrogens with zero attached hydrogens (tertiary/aromatic N) is 1. The Morgan fingerprint density at radius 2 is 1.96 bits per heavy atom. The van der Waals surface area contributed by atoms with Gasteiger partial charge < -0.3 is 15.2 Å². The number of nitrogens with one attached hydrogen (secondary N) is 1. The number of hydrogen-bond donors (Lipinski definition) is 1. The van der Waals surface area contributed by atoms with Crippen LogP contribution in [0, 0.1) is 6.92 Å². The predicted octanol–water partition coefficient (Wildman–Crippen LogP) is 1.99. The van der Waals surface area contributed by atoms with Gasteiger partial charge in [0, 0.05) is 5.69 Å². The zero-order chi connectivity index (χ0) is 18.0. The van der Waals surface area contributed by atoms with Crippen molar-refractivity contribution < 1.29 is 19.5 Å². The second-order valence-electron chi connectivity index (χ2n) is 5.64. The van der Waals surface area contributed by atoms with E-state index in [2.05, 4.69) is 5.32 Å². The number of rotatable bonds is 5. The van der Waals surface area contributed by atoms with Crippen LogP contribution in [0.3, 0.4) is 0 Å². The van der Waals surface area contributed by atoms with Gasteiger partial charge in [-0.3, -0.25) is 14.5 Å². The summed E-state index contributed by atoms with van der Waals surface area (Å²) in [6.45, 7) is 1.94. The number of carboxylic acids is 1. The molecule has 1 fully saturated rings. The van der Waals surface area contributed by atoms with Gasteiger partial charge in [0.2, 0.25) is 0 Å². The summed E-state index contributed by atoms with van der Waals surface area (Å²) in [6.07, 6.45) is 0. The van der Waals surface area contributed by atoms with Crippen molar-refractivity contribution in [3.05, 3.63) is 65.2 Å². The van der Waals surface area contributed by atoms with Crippen LogP contribution in [0.25, 0.3) is 0 Å². The molecule has 0 aliphatic carbocycles. The lowest BCUT2D eigenvalue weighted by atomic mass is 10.1. The van der Waals surface area contributed by atoms with E-state index in [9.17, 15) is 19.5 Å². The Bertz CT molecular complexity index is 852. The van der Waals surface area contributed by atoms with Crippen LogP contribution in [0.1, 0.15) is 21.5 Å². The number of carbonyl (C=O) groups is 3. The molecule has 0 aromatic heterocycles. The summed E-state index contributed by atoms with van der Waals surface area (Å²) in [4.78, 5) is 36.8. The quantitative estimate of drug-likeness (QED) is 0.882. The molecule has 2 aromatic rings. The van der Waals surface area contributed by atoms with E-state index in [1.165, 1.54) is 12.1 Å². The molecule has 1 saturated heterocycles. The minimum absolute atomic E-state index is 0.0128. The molecule has 6 nitrogen and oxygen atoms in total. The summed E-state index contributed by atoms with van der Waals surface area (Å²) < 4.78 is 0. The number of aromatic carboxylic acids is 1. The monoisotopic (exact) mass is 355 g/mol. The van der Waals surface area contributed by atoms with E-state index in [0.29, 0.717) is 5.56 Å². The maximum atomic E-state index is 12.5. The van der Waals surface area contributed by atoms with Crippen molar-refractivity contribution in [2.24, 2.45) is 0 Å². The molecule has 1 atom stereocenters. The number of para-hydroxylation sites is 1. The van der Waals surface area contributed by atoms with Crippen LogP contribution in [-0.2, 0) is 11.3 Å². The van der Waals surface area contributed by atoms with Crippen LogP contribution in [-0.4, -0.2) is 27.4 Å². The topological polar surface area (TPSA) is 89.5 Å². The third kappa shape index (κ3) is 3.66. The molecule has 2 amide bonds. The molecule has 128 valence electrons. The highest BCUT2D eigenvalue weighted by Gasteiger charge is 2.39. The molecule has 1 heterocycles. The summed E-state index contributed by atoms with van der Waals surface area (Å²) in [7, 11) is 0. The Morgan fingerprint density at radius 3 is 2.68 bits per heavy atom. The normalized spacial score (nSPS) is 17.0. The fraction of sp³-hybridized carbons (Fsp3) is 0.167. The Hall–Kier alpha value is -2.80. The number of hydrogen-bond acceptors (Lipinski definition) is 6. The molecule has 3 rings (SSSR count). The Balaban J connectivity index is 1.74. The lowest BCUT2D eigenvalue weighted by molar-refractivity contribution is -0.255.